The van der Waals surface area contributed by atoms with Gasteiger partial charge in [-0.05, 0) is 81.9 Å². The molecule has 1 aromatic rings. The average molecular weight is 402 g/mol. The summed E-state index contributed by atoms with van der Waals surface area (Å²) in [5, 5.41) is 0. The molecule has 1 aromatic carbocycles. The molecule has 0 radical (unpaired) electrons. The Kier molecular flexibility index (Phi) is 9.30. The van der Waals surface area contributed by atoms with Crippen molar-refractivity contribution < 1.29 is 0 Å². The Morgan fingerprint density at radius 1 is 1.13 bits per heavy atom. The van der Waals surface area contributed by atoms with Crippen LogP contribution in [0.4, 0.5) is 5.69 Å². The van der Waals surface area contributed by atoms with Gasteiger partial charge in [0, 0.05) is 5.71 Å². The molecule has 1 nitrogen and oxygen atoms in total. The molecule has 160 valence electrons. The van der Waals surface area contributed by atoms with E-state index in [1.807, 2.05) is 6.08 Å². The Labute approximate surface area is 184 Å². The molecule has 0 amide bonds. The number of hydrogen-bond donors (Lipinski definition) is 0. The molecule has 0 atom stereocenters. The van der Waals surface area contributed by atoms with Crippen LogP contribution in [0.1, 0.15) is 71.8 Å². The van der Waals surface area contributed by atoms with Crippen LogP contribution in [0, 0.1) is 12.3 Å². The summed E-state index contributed by atoms with van der Waals surface area (Å²) < 4.78 is 0. The third kappa shape index (κ3) is 7.44. The molecule has 0 aromatic heterocycles. The average Bonchev–Trinajstić information content (AvgIpc) is 2.70. The monoisotopic (exact) mass is 401 g/mol. The van der Waals surface area contributed by atoms with Gasteiger partial charge in [-0.2, -0.15) is 0 Å². The van der Waals surface area contributed by atoms with Crippen molar-refractivity contribution in [3.63, 3.8) is 0 Å². The van der Waals surface area contributed by atoms with Crippen molar-refractivity contribution in [2.24, 2.45) is 10.4 Å². The summed E-state index contributed by atoms with van der Waals surface area (Å²) in [5.74, 6) is 0. The van der Waals surface area contributed by atoms with Gasteiger partial charge in [0.15, 0.2) is 0 Å². The number of allylic oxidation sites excluding steroid dienone is 9. The summed E-state index contributed by atoms with van der Waals surface area (Å²) in [4.78, 5) is 5.12. The lowest BCUT2D eigenvalue weighted by atomic mass is 9.74. The quantitative estimate of drug-likeness (QED) is 0.274. The summed E-state index contributed by atoms with van der Waals surface area (Å²) in [6.07, 6.45) is 19.5. The van der Waals surface area contributed by atoms with E-state index in [0.717, 1.165) is 44.2 Å². The highest BCUT2D eigenvalue weighted by Crippen LogP contribution is 2.38. The van der Waals surface area contributed by atoms with Gasteiger partial charge in [-0.1, -0.05) is 86.2 Å². The lowest BCUT2D eigenvalue weighted by molar-refractivity contribution is 0.430. The van der Waals surface area contributed by atoms with E-state index in [2.05, 4.69) is 95.8 Å². The molecule has 0 heterocycles. The molecule has 0 unspecified atom stereocenters. The molecule has 0 saturated heterocycles. The fraction of sp³-hybridized carbons (Fsp3) is 0.414. The largest absolute Gasteiger partial charge is 0.258 e. The van der Waals surface area contributed by atoms with E-state index in [4.69, 9.17) is 4.99 Å². The number of hydrogen-bond acceptors (Lipinski definition) is 1. The van der Waals surface area contributed by atoms with Crippen molar-refractivity contribution in [3.05, 3.63) is 89.6 Å². The van der Waals surface area contributed by atoms with Crippen LogP contribution in [0.3, 0.4) is 0 Å². The molecule has 0 saturated carbocycles. The van der Waals surface area contributed by atoms with Gasteiger partial charge >= 0.3 is 0 Å². The second-order valence-corrected chi connectivity index (χ2v) is 9.00. The number of aliphatic imine (C=N–C) groups is 1. The van der Waals surface area contributed by atoms with Crippen LogP contribution in [-0.2, 0) is 0 Å². The second kappa shape index (κ2) is 11.7. The molecule has 0 bridgehead atoms. The zero-order chi connectivity index (χ0) is 22.0. The predicted molar refractivity (Wildman–Crippen MR) is 135 cm³/mol. The first-order valence-electron chi connectivity index (χ1n) is 11.3. The number of para-hydroxylation sites is 1. The van der Waals surface area contributed by atoms with E-state index in [1.54, 1.807) is 5.57 Å². The van der Waals surface area contributed by atoms with Crippen molar-refractivity contribution in [1.82, 2.24) is 0 Å². The maximum Gasteiger partial charge on any atom is 0.0658 e. The summed E-state index contributed by atoms with van der Waals surface area (Å²) in [5.41, 5.74) is 8.20. The van der Waals surface area contributed by atoms with Gasteiger partial charge in [0.25, 0.3) is 0 Å². The van der Waals surface area contributed by atoms with Crippen LogP contribution in [0.25, 0.3) is 0 Å². The van der Waals surface area contributed by atoms with E-state index >= 15 is 0 Å². The first kappa shape index (κ1) is 23.9. The van der Waals surface area contributed by atoms with Gasteiger partial charge in [0.05, 0.1) is 5.69 Å². The van der Waals surface area contributed by atoms with E-state index in [-0.39, 0.29) is 5.41 Å². The topological polar surface area (TPSA) is 12.4 Å². The van der Waals surface area contributed by atoms with E-state index in [9.17, 15) is 0 Å². The van der Waals surface area contributed by atoms with Crippen molar-refractivity contribution in [2.75, 3.05) is 0 Å². The summed E-state index contributed by atoms with van der Waals surface area (Å²) >= 11 is 0. The molecule has 1 aliphatic carbocycles. The van der Waals surface area contributed by atoms with Crippen LogP contribution in [0.5, 0.6) is 0 Å². The molecule has 1 aliphatic rings. The highest BCUT2D eigenvalue weighted by molar-refractivity contribution is 5.87. The van der Waals surface area contributed by atoms with E-state index in [1.165, 1.54) is 22.4 Å². The van der Waals surface area contributed by atoms with Gasteiger partial charge in [-0.3, -0.25) is 4.99 Å². The fourth-order valence-electron chi connectivity index (χ4n) is 3.95. The van der Waals surface area contributed by atoms with Crippen LogP contribution >= 0.6 is 0 Å². The van der Waals surface area contributed by atoms with Gasteiger partial charge in [-0.15, -0.1) is 0 Å². The van der Waals surface area contributed by atoms with Gasteiger partial charge in [-0.25, -0.2) is 0 Å². The molecule has 0 N–H and O–H groups in total. The molecule has 2 rings (SSSR count). The van der Waals surface area contributed by atoms with Crippen LogP contribution in [0.2, 0.25) is 0 Å². The fourth-order valence-corrected chi connectivity index (χ4v) is 3.95. The first-order valence-corrected chi connectivity index (χ1v) is 11.3. The lowest BCUT2D eigenvalue weighted by Gasteiger charge is -2.31. The lowest BCUT2D eigenvalue weighted by Crippen LogP contribution is -2.18. The minimum absolute atomic E-state index is 0.249. The van der Waals surface area contributed by atoms with Crippen LogP contribution in [-0.4, -0.2) is 5.71 Å². The Bertz CT molecular complexity index is 871. The standard InChI is InChI=1S/C29H39N/c1-7-12-25(13-8-2)15-11-16-27(30-28-17-10-9-14-24(28)4)19-18-26-22-23(3)20-21-29(26,5)6/h7-10,12-14,17,20,22H,1,11,15-16,18-19,21H2,2-6H3/b13-8-,25-12+,30-27?. The second-order valence-electron chi connectivity index (χ2n) is 9.00. The summed E-state index contributed by atoms with van der Waals surface area (Å²) in [6.45, 7) is 15.0. The van der Waals surface area contributed by atoms with Gasteiger partial charge in [0.2, 0.25) is 0 Å². The number of aryl methyl sites for hydroxylation is 1. The predicted octanol–water partition coefficient (Wildman–Crippen LogP) is 9.01. The number of rotatable bonds is 10. The highest BCUT2D eigenvalue weighted by Gasteiger charge is 2.24. The van der Waals surface area contributed by atoms with Gasteiger partial charge < -0.3 is 0 Å². The SMILES string of the molecule is C=C/C=C(\C=C/C)CCCC(CCC1=CC(C)=CCC1(C)C)=Nc1ccccc1C. The summed E-state index contributed by atoms with van der Waals surface area (Å²) in [6, 6.07) is 8.45. The molecule has 0 aliphatic heterocycles. The molecular weight excluding hydrogens is 362 g/mol. The Morgan fingerprint density at radius 3 is 2.60 bits per heavy atom. The molecular formula is C29H39N. The Balaban J connectivity index is 2.15. The number of nitrogens with zero attached hydrogens (tertiary/aromatic N) is 1. The third-order valence-electron chi connectivity index (χ3n) is 5.93. The van der Waals surface area contributed by atoms with Gasteiger partial charge in [0.1, 0.15) is 0 Å². The smallest absolute Gasteiger partial charge is 0.0658 e. The maximum atomic E-state index is 5.12. The Morgan fingerprint density at radius 2 is 1.90 bits per heavy atom. The third-order valence-corrected chi connectivity index (χ3v) is 5.93. The minimum Gasteiger partial charge on any atom is -0.258 e. The van der Waals surface area contributed by atoms with E-state index in [0.29, 0.717) is 0 Å². The highest BCUT2D eigenvalue weighted by atomic mass is 14.7. The Hall–Kier alpha value is -2.41. The van der Waals surface area contributed by atoms with Crippen LogP contribution < -0.4 is 0 Å². The van der Waals surface area contributed by atoms with Crippen molar-refractivity contribution in [3.8, 4) is 0 Å². The number of benzene rings is 1. The van der Waals surface area contributed by atoms with Crippen molar-refractivity contribution in [2.45, 2.75) is 73.1 Å². The van der Waals surface area contributed by atoms with E-state index < -0.39 is 0 Å². The minimum atomic E-state index is 0.249. The zero-order valence-corrected chi connectivity index (χ0v) is 19.7. The summed E-state index contributed by atoms with van der Waals surface area (Å²) in [7, 11) is 0. The molecule has 0 spiro atoms. The molecule has 0 fully saturated rings. The molecule has 30 heavy (non-hydrogen) atoms. The van der Waals surface area contributed by atoms with Crippen molar-refractivity contribution in [1.29, 1.82) is 0 Å². The zero-order valence-electron chi connectivity index (χ0n) is 19.7. The first-order chi connectivity index (χ1) is 14.4. The van der Waals surface area contributed by atoms with Crippen molar-refractivity contribution >= 4 is 11.4 Å². The maximum absolute atomic E-state index is 5.12. The van der Waals surface area contributed by atoms with Crippen LogP contribution in [0.15, 0.2) is 89.0 Å². The normalized spacial score (nSPS) is 17.1. The molecule has 1 heteroatoms.